The van der Waals surface area contributed by atoms with Crippen LogP contribution in [0.5, 0.6) is 0 Å². The van der Waals surface area contributed by atoms with Crippen LogP contribution in [0.3, 0.4) is 0 Å². The minimum absolute atomic E-state index is 0.753. The van der Waals surface area contributed by atoms with Crippen LogP contribution in [0.15, 0.2) is 0 Å². The molecule has 10 heavy (non-hydrogen) atoms. The quantitative estimate of drug-likeness (QED) is 0.533. The van der Waals surface area contributed by atoms with E-state index in [1.165, 1.54) is 19.5 Å². The van der Waals surface area contributed by atoms with Crippen LogP contribution in [0.25, 0.3) is 0 Å². The maximum absolute atomic E-state index is 5.45. The standard InChI is InChI=1S/C8H15NO/c1-2-9-4-7-3-8(9)6-10-5-7/h7-8H,2-6H2,1H3. The van der Waals surface area contributed by atoms with Gasteiger partial charge in [0.05, 0.1) is 13.2 Å². The van der Waals surface area contributed by atoms with Crippen molar-refractivity contribution in [3.05, 3.63) is 0 Å². The molecule has 58 valence electrons. The van der Waals surface area contributed by atoms with E-state index in [2.05, 4.69) is 11.8 Å². The lowest BCUT2D eigenvalue weighted by atomic mass is 10.1. The SMILES string of the molecule is CCN1CC2COCC1C2. The molecule has 2 aliphatic rings. The van der Waals surface area contributed by atoms with Gasteiger partial charge in [0, 0.05) is 12.6 Å². The zero-order chi connectivity index (χ0) is 6.97. The van der Waals surface area contributed by atoms with E-state index < -0.39 is 0 Å². The first-order valence-corrected chi connectivity index (χ1v) is 4.22. The molecule has 0 radical (unpaired) electrons. The second-order valence-corrected chi connectivity index (χ2v) is 3.38. The first-order valence-electron chi connectivity index (χ1n) is 4.22. The van der Waals surface area contributed by atoms with Crippen molar-refractivity contribution >= 4 is 0 Å². The molecule has 0 N–H and O–H groups in total. The molecule has 2 nitrogen and oxygen atoms in total. The molecule has 0 aromatic carbocycles. The Morgan fingerprint density at radius 1 is 1.50 bits per heavy atom. The molecule has 0 aliphatic carbocycles. The molecule has 2 fully saturated rings. The van der Waals surface area contributed by atoms with Gasteiger partial charge in [-0.15, -0.1) is 0 Å². The Hall–Kier alpha value is -0.0800. The number of hydrogen-bond acceptors (Lipinski definition) is 2. The van der Waals surface area contributed by atoms with Crippen LogP contribution in [0.1, 0.15) is 13.3 Å². The number of nitrogens with zero attached hydrogens (tertiary/aromatic N) is 1. The summed E-state index contributed by atoms with van der Waals surface area (Å²) in [4.78, 5) is 2.54. The Morgan fingerprint density at radius 3 is 3.10 bits per heavy atom. The zero-order valence-corrected chi connectivity index (χ0v) is 6.55. The summed E-state index contributed by atoms with van der Waals surface area (Å²) in [7, 11) is 0. The van der Waals surface area contributed by atoms with Crippen LogP contribution in [-0.4, -0.2) is 37.2 Å². The van der Waals surface area contributed by atoms with E-state index in [1.807, 2.05) is 0 Å². The molecular formula is C8H15NO. The summed E-state index contributed by atoms with van der Waals surface area (Å²) >= 11 is 0. The van der Waals surface area contributed by atoms with Crippen LogP contribution >= 0.6 is 0 Å². The third kappa shape index (κ3) is 0.956. The van der Waals surface area contributed by atoms with Crippen molar-refractivity contribution < 1.29 is 4.74 Å². The molecule has 2 atom stereocenters. The molecule has 0 aromatic rings. The van der Waals surface area contributed by atoms with Crippen molar-refractivity contribution in [1.29, 1.82) is 0 Å². The zero-order valence-electron chi connectivity index (χ0n) is 6.55. The average molecular weight is 141 g/mol. The number of fused-ring (bicyclic) bond motifs is 2. The van der Waals surface area contributed by atoms with Gasteiger partial charge in [-0.2, -0.15) is 0 Å². The maximum atomic E-state index is 5.45. The van der Waals surface area contributed by atoms with Crippen molar-refractivity contribution in [2.45, 2.75) is 19.4 Å². The fraction of sp³-hybridized carbons (Fsp3) is 1.00. The minimum atomic E-state index is 0.753. The van der Waals surface area contributed by atoms with E-state index in [1.54, 1.807) is 0 Å². The smallest absolute Gasteiger partial charge is 0.0622 e. The molecule has 0 saturated carbocycles. The van der Waals surface area contributed by atoms with Crippen LogP contribution in [0.4, 0.5) is 0 Å². The Bertz CT molecular complexity index is 126. The summed E-state index contributed by atoms with van der Waals surface area (Å²) in [6, 6.07) is 0.753. The predicted octanol–water partition coefficient (Wildman–Crippen LogP) is 0.727. The van der Waals surface area contributed by atoms with Gasteiger partial charge in [0.2, 0.25) is 0 Å². The van der Waals surface area contributed by atoms with Gasteiger partial charge < -0.3 is 4.74 Å². The lowest BCUT2D eigenvalue weighted by Crippen LogP contribution is -2.32. The third-order valence-electron chi connectivity index (χ3n) is 2.68. The topological polar surface area (TPSA) is 12.5 Å². The second-order valence-electron chi connectivity index (χ2n) is 3.38. The first kappa shape index (κ1) is 6.62. The van der Waals surface area contributed by atoms with E-state index in [9.17, 15) is 0 Å². The van der Waals surface area contributed by atoms with Gasteiger partial charge in [-0.3, -0.25) is 4.90 Å². The van der Waals surface area contributed by atoms with Crippen molar-refractivity contribution in [1.82, 2.24) is 4.90 Å². The summed E-state index contributed by atoms with van der Waals surface area (Å²) in [5, 5.41) is 0. The van der Waals surface area contributed by atoms with E-state index in [0.717, 1.165) is 25.2 Å². The molecule has 2 saturated heterocycles. The van der Waals surface area contributed by atoms with Gasteiger partial charge in [0.25, 0.3) is 0 Å². The van der Waals surface area contributed by atoms with Gasteiger partial charge >= 0.3 is 0 Å². The lowest BCUT2D eigenvalue weighted by Gasteiger charge is -2.22. The van der Waals surface area contributed by atoms with Crippen LogP contribution in [0, 0.1) is 5.92 Å². The maximum Gasteiger partial charge on any atom is 0.0622 e. The van der Waals surface area contributed by atoms with Gasteiger partial charge in [-0.25, -0.2) is 0 Å². The highest BCUT2D eigenvalue weighted by atomic mass is 16.5. The fourth-order valence-electron chi connectivity index (χ4n) is 2.14. The monoisotopic (exact) mass is 141 g/mol. The van der Waals surface area contributed by atoms with Crippen LogP contribution < -0.4 is 0 Å². The highest BCUT2D eigenvalue weighted by Gasteiger charge is 2.34. The number of likely N-dealkylation sites (N-methyl/N-ethyl adjacent to an activating group) is 1. The summed E-state index contributed by atoms with van der Waals surface area (Å²) in [5.74, 6) is 0.846. The molecule has 2 unspecified atom stereocenters. The van der Waals surface area contributed by atoms with Crippen molar-refractivity contribution in [3.63, 3.8) is 0 Å². The van der Waals surface area contributed by atoms with E-state index in [0.29, 0.717) is 0 Å². The number of rotatable bonds is 1. The molecule has 2 rings (SSSR count). The fourth-order valence-corrected chi connectivity index (χ4v) is 2.14. The van der Waals surface area contributed by atoms with E-state index in [4.69, 9.17) is 4.74 Å². The van der Waals surface area contributed by atoms with Crippen molar-refractivity contribution in [2.75, 3.05) is 26.3 Å². The summed E-state index contributed by atoms with van der Waals surface area (Å²) < 4.78 is 5.45. The predicted molar refractivity (Wildman–Crippen MR) is 40.0 cm³/mol. The van der Waals surface area contributed by atoms with E-state index in [-0.39, 0.29) is 0 Å². The number of hydrogen-bond donors (Lipinski definition) is 0. The summed E-state index contributed by atoms with van der Waals surface area (Å²) in [5.41, 5.74) is 0. The Labute approximate surface area is 62.2 Å². The molecule has 0 aromatic heterocycles. The highest BCUT2D eigenvalue weighted by Crippen LogP contribution is 2.27. The van der Waals surface area contributed by atoms with Gasteiger partial charge in [-0.1, -0.05) is 6.92 Å². The molecule has 2 heteroatoms. The largest absolute Gasteiger partial charge is 0.379 e. The van der Waals surface area contributed by atoms with Gasteiger partial charge in [-0.05, 0) is 18.9 Å². The molecule has 0 amide bonds. The second kappa shape index (κ2) is 2.51. The average Bonchev–Trinajstić information content (AvgIpc) is 2.26. The minimum Gasteiger partial charge on any atom is -0.379 e. The lowest BCUT2D eigenvalue weighted by molar-refractivity contribution is 0.0541. The summed E-state index contributed by atoms with van der Waals surface area (Å²) in [6.45, 7) is 6.70. The molecule has 0 spiro atoms. The Balaban J connectivity index is 2.01. The van der Waals surface area contributed by atoms with E-state index >= 15 is 0 Å². The van der Waals surface area contributed by atoms with Gasteiger partial charge in [0.1, 0.15) is 0 Å². The molecule has 2 aliphatic heterocycles. The number of likely N-dealkylation sites (tertiary alicyclic amines) is 1. The number of ether oxygens (including phenoxy) is 1. The van der Waals surface area contributed by atoms with Crippen LogP contribution in [0.2, 0.25) is 0 Å². The molecular weight excluding hydrogens is 126 g/mol. The van der Waals surface area contributed by atoms with Gasteiger partial charge in [0.15, 0.2) is 0 Å². The van der Waals surface area contributed by atoms with Crippen molar-refractivity contribution in [3.8, 4) is 0 Å². The molecule has 2 bridgehead atoms. The molecule has 2 heterocycles. The van der Waals surface area contributed by atoms with Crippen molar-refractivity contribution in [2.24, 2.45) is 5.92 Å². The Kier molecular flexibility index (Phi) is 1.66. The normalized spacial score (nSPS) is 40.5. The van der Waals surface area contributed by atoms with Crippen LogP contribution in [-0.2, 0) is 4.74 Å². The first-order chi connectivity index (χ1) is 4.90. The third-order valence-corrected chi connectivity index (χ3v) is 2.68. The highest BCUT2D eigenvalue weighted by molar-refractivity contribution is 4.87. The summed E-state index contributed by atoms with van der Waals surface area (Å²) in [6.07, 6.45) is 1.38. The Morgan fingerprint density at radius 2 is 2.40 bits per heavy atom.